The van der Waals surface area contributed by atoms with E-state index < -0.39 is 5.54 Å². The second kappa shape index (κ2) is 6.29. The molecule has 1 atom stereocenters. The molecule has 21 heavy (non-hydrogen) atoms. The van der Waals surface area contributed by atoms with Crippen LogP contribution in [0.2, 0.25) is 0 Å². The minimum atomic E-state index is -0.736. The first-order valence-electron chi connectivity index (χ1n) is 7.69. The molecule has 0 aromatic heterocycles. The molecule has 1 fully saturated rings. The second-order valence-corrected chi connectivity index (χ2v) is 6.23. The summed E-state index contributed by atoms with van der Waals surface area (Å²) in [6, 6.07) is 8.26. The Kier molecular flexibility index (Phi) is 4.66. The Morgan fingerprint density at radius 1 is 1.24 bits per heavy atom. The number of guanidine groups is 1. The van der Waals surface area contributed by atoms with Crippen LogP contribution in [0.1, 0.15) is 45.2 Å². The van der Waals surface area contributed by atoms with Crippen molar-refractivity contribution in [1.82, 2.24) is 10.6 Å². The summed E-state index contributed by atoms with van der Waals surface area (Å²) in [5.74, 6) is 0.999. The molecular formula is C17H25N3O. The van der Waals surface area contributed by atoms with Crippen LogP contribution in [0.5, 0.6) is 0 Å². The van der Waals surface area contributed by atoms with Crippen molar-refractivity contribution in [1.29, 1.82) is 0 Å². The molecule has 1 aromatic rings. The maximum atomic E-state index is 12.3. The molecule has 0 bridgehead atoms. The highest BCUT2D eigenvalue weighted by Crippen LogP contribution is 2.24. The van der Waals surface area contributed by atoms with Crippen molar-refractivity contribution in [3.8, 4) is 0 Å². The molecular weight excluding hydrogens is 262 g/mol. The van der Waals surface area contributed by atoms with E-state index in [0.717, 1.165) is 18.4 Å². The van der Waals surface area contributed by atoms with Gasteiger partial charge in [0.25, 0.3) is 5.91 Å². The van der Waals surface area contributed by atoms with Gasteiger partial charge in [0, 0.05) is 6.54 Å². The summed E-state index contributed by atoms with van der Waals surface area (Å²) in [6.07, 6.45) is 2.19. The van der Waals surface area contributed by atoms with Gasteiger partial charge in [-0.2, -0.15) is 0 Å². The third-order valence-corrected chi connectivity index (χ3v) is 3.74. The zero-order chi connectivity index (χ0) is 15.5. The van der Waals surface area contributed by atoms with Crippen molar-refractivity contribution in [2.75, 3.05) is 6.54 Å². The van der Waals surface area contributed by atoms with Crippen LogP contribution < -0.4 is 10.6 Å². The van der Waals surface area contributed by atoms with Gasteiger partial charge in [0.1, 0.15) is 5.54 Å². The quantitative estimate of drug-likeness (QED) is 0.874. The number of carbonyl (C=O) groups excluding carboxylic acids is 1. The number of hydrogen-bond acceptors (Lipinski definition) is 2. The lowest BCUT2D eigenvalue weighted by molar-refractivity contribution is -0.123. The van der Waals surface area contributed by atoms with Gasteiger partial charge in [-0.25, -0.2) is 0 Å². The average molecular weight is 287 g/mol. The number of hydrogen-bond donors (Lipinski definition) is 2. The van der Waals surface area contributed by atoms with E-state index in [-0.39, 0.29) is 5.91 Å². The van der Waals surface area contributed by atoms with Gasteiger partial charge in [-0.05, 0) is 30.4 Å². The van der Waals surface area contributed by atoms with E-state index in [0.29, 0.717) is 18.4 Å². The molecule has 4 heteroatoms. The molecule has 1 heterocycles. The molecule has 1 saturated heterocycles. The molecule has 1 unspecified atom stereocenters. The fourth-order valence-corrected chi connectivity index (χ4v) is 2.41. The van der Waals surface area contributed by atoms with Gasteiger partial charge in [0.05, 0.1) is 0 Å². The number of carbonyl (C=O) groups is 1. The molecule has 2 rings (SSSR count). The smallest absolute Gasteiger partial charge is 0.256 e. The van der Waals surface area contributed by atoms with Gasteiger partial charge < -0.3 is 5.32 Å². The lowest BCUT2D eigenvalue weighted by Crippen LogP contribution is -2.40. The molecule has 1 aromatic carbocycles. The van der Waals surface area contributed by atoms with E-state index in [9.17, 15) is 4.79 Å². The summed E-state index contributed by atoms with van der Waals surface area (Å²) in [4.78, 5) is 16.7. The zero-order valence-electron chi connectivity index (χ0n) is 13.4. The Balaban J connectivity index is 2.17. The Bertz CT molecular complexity index is 533. The number of nitrogens with one attached hydrogen (secondary N) is 2. The minimum Gasteiger partial charge on any atom is -0.338 e. The second-order valence-electron chi connectivity index (χ2n) is 6.23. The summed E-state index contributed by atoms with van der Waals surface area (Å²) in [5, 5.41) is 6.07. The van der Waals surface area contributed by atoms with Gasteiger partial charge in [0.15, 0.2) is 5.96 Å². The fraction of sp³-hybridized carbons (Fsp3) is 0.529. The molecule has 0 saturated carbocycles. The lowest BCUT2D eigenvalue weighted by atomic mass is 9.91. The summed E-state index contributed by atoms with van der Waals surface area (Å²) >= 11 is 0. The highest BCUT2D eigenvalue weighted by molar-refractivity contribution is 6.09. The van der Waals surface area contributed by atoms with E-state index >= 15 is 0 Å². The first kappa shape index (κ1) is 15.5. The van der Waals surface area contributed by atoms with Crippen LogP contribution in [-0.4, -0.2) is 18.4 Å². The van der Waals surface area contributed by atoms with Crippen molar-refractivity contribution in [3.05, 3.63) is 35.4 Å². The van der Waals surface area contributed by atoms with Crippen molar-refractivity contribution < 1.29 is 4.79 Å². The molecule has 0 spiro atoms. The normalized spacial score (nSPS) is 23.5. The molecule has 1 amide bonds. The first-order valence-corrected chi connectivity index (χ1v) is 7.69. The van der Waals surface area contributed by atoms with Gasteiger partial charge in [-0.3, -0.25) is 15.1 Å². The van der Waals surface area contributed by atoms with Crippen LogP contribution in [-0.2, 0) is 16.8 Å². The van der Waals surface area contributed by atoms with Crippen LogP contribution in [0.4, 0.5) is 0 Å². The number of nitrogens with zero attached hydrogens (tertiary/aromatic N) is 1. The molecule has 0 aliphatic carbocycles. The van der Waals surface area contributed by atoms with Crippen LogP contribution in [0, 0.1) is 5.92 Å². The van der Waals surface area contributed by atoms with Crippen molar-refractivity contribution in [2.45, 2.75) is 46.1 Å². The van der Waals surface area contributed by atoms with Crippen LogP contribution in [0.3, 0.4) is 0 Å². The van der Waals surface area contributed by atoms with E-state index in [1.165, 1.54) is 5.56 Å². The summed E-state index contributed by atoms with van der Waals surface area (Å²) < 4.78 is 0. The average Bonchev–Trinajstić information content (AvgIpc) is 2.74. The Labute approximate surface area is 127 Å². The van der Waals surface area contributed by atoms with Gasteiger partial charge >= 0.3 is 0 Å². The molecule has 4 nitrogen and oxygen atoms in total. The molecule has 1 aliphatic heterocycles. The SMILES string of the molecule is CCCc1ccc(C2(C)NC(=NCC(C)C)NC2=O)cc1. The maximum absolute atomic E-state index is 12.3. The summed E-state index contributed by atoms with van der Waals surface area (Å²) in [5.41, 5.74) is 1.53. The zero-order valence-corrected chi connectivity index (χ0v) is 13.4. The molecule has 2 N–H and O–H groups in total. The largest absolute Gasteiger partial charge is 0.338 e. The number of benzene rings is 1. The lowest BCUT2D eigenvalue weighted by Gasteiger charge is -2.22. The minimum absolute atomic E-state index is 0.0479. The van der Waals surface area contributed by atoms with Gasteiger partial charge in [-0.15, -0.1) is 0 Å². The van der Waals surface area contributed by atoms with Crippen molar-refractivity contribution >= 4 is 11.9 Å². The summed E-state index contributed by atoms with van der Waals surface area (Å²) in [6.45, 7) is 8.97. The number of aryl methyl sites for hydroxylation is 1. The predicted molar refractivity (Wildman–Crippen MR) is 86.2 cm³/mol. The van der Waals surface area contributed by atoms with E-state index in [1.807, 2.05) is 19.1 Å². The van der Waals surface area contributed by atoms with E-state index in [4.69, 9.17) is 0 Å². The monoisotopic (exact) mass is 287 g/mol. The Morgan fingerprint density at radius 3 is 2.48 bits per heavy atom. The van der Waals surface area contributed by atoms with Crippen molar-refractivity contribution in [2.24, 2.45) is 10.9 Å². The maximum Gasteiger partial charge on any atom is 0.256 e. The third-order valence-electron chi connectivity index (χ3n) is 3.74. The van der Waals surface area contributed by atoms with E-state index in [1.54, 1.807) is 0 Å². The Hall–Kier alpha value is -1.84. The highest BCUT2D eigenvalue weighted by atomic mass is 16.2. The number of rotatable bonds is 5. The van der Waals surface area contributed by atoms with Gasteiger partial charge in [0.2, 0.25) is 0 Å². The standard InChI is InChI=1S/C17H25N3O/c1-5-6-13-7-9-14(10-8-13)17(4)15(21)19-16(20-17)18-11-12(2)3/h7-10,12H,5-6,11H2,1-4H3,(H2,18,19,20,21). The number of aliphatic imine (C=N–C) groups is 1. The fourth-order valence-electron chi connectivity index (χ4n) is 2.41. The molecule has 1 aliphatic rings. The predicted octanol–water partition coefficient (Wildman–Crippen LogP) is 2.59. The first-order chi connectivity index (χ1) is 9.95. The third kappa shape index (κ3) is 3.43. The van der Waals surface area contributed by atoms with Crippen molar-refractivity contribution in [3.63, 3.8) is 0 Å². The van der Waals surface area contributed by atoms with Gasteiger partial charge in [-0.1, -0.05) is 51.5 Å². The number of amides is 1. The van der Waals surface area contributed by atoms with E-state index in [2.05, 4.69) is 48.5 Å². The topological polar surface area (TPSA) is 53.5 Å². The van der Waals surface area contributed by atoms with Crippen LogP contribution >= 0.6 is 0 Å². The van der Waals surface area contributed by atoms with Crippen LogP contribution in [0.25, 0.3) is 0 Å². The molecule has 0 radical (unpaired) electrons. The Morgan fingerprint density at radius 2 is 1.90 bits per heavy atom. The molecule has 114 valence electrons. The summed E-state index contributed by atoms with van der Waals surface area (Å²) in [7, 11) is 0. The highest BCUT2D eigenvalue weighted by Gasteiger charge is 2.42. The van der Waals surface area contributed by atoms with Crippen LogP contribution in [0.15, 0.2) is 29.3 Å².